The van der Waals surface area contributed by atoms with Gasteiger partial charge in [-0.15, -0.1) is 0 Å². The SMILES string of the molecule is NC(=O)C(O)C(O)c1ccc(O)cc1[N+](=O)[O-]. The number of nitro benzene ring substituents is 1. The van der Waals surface area contributed by atoms with Crippen LogP contribution in [0.5, 0.6) is 5.75 Å². The van der Waals surface area contributed by atoms with Crippen LogP contribution in [-0.4, -0.2) is 32.3 Å². The van der Waals surface area contributed by atoms with Gasteiger partial charge in [-0.1, -0.05) is 0 Å². The summed E-state index contributed by atoms with van der Waals surface area (Å²) < 4.78 is 0. The maximum atomic E-state index is 10.7. The number of aromatic hydroxyl groups is 1. The van der Waals surface area contributed by atoms with E-state index in [2.05, 4.69) is 0 Å². The highest BCUT2D eigenvalue weighted by Crippen LogP contribution is 2.30. The number of benzene rings is 1. The first-order valence-corrected chi connectivity index (χ1v) is 4.47. The monoisotopic (exact) mass is 242 g/mol. The molecule has 0 spiro atoms. The largest absolute Gasteiger partial charge is 0.508 e. The van der Waals surface area contributed by atoms with Crippen molar-refractivity contribution in [2.45, 2.75) is 12.2 Å². The quantitative estimate of drug-likeness (QED) is 0.400. The minimum atomic E-state index is -1.96. The molecule has 5 N–H and O–H groups in total. The molecule has 92 valence electrons. The number of carbonyl (C=O) groups excluding carboxylic acids is 1. The van der Waals surface area contributed by atoms with E-state index in [0.717, 1.165) is 18.2 Å². The molecule has 8 heteroatoms. The number of aliphatic hydroxyl groups excluding tert-OH is 2. The van der Waals surface area contributed by atoms with E-state index < -0.39 is 28.7 Å². The van der Waals surface area contributed by atoms with Crippen LogP contribution in [-0.2, 0) is 4.79 Å². The fourth-order valence-electron chi connectivity index (χ4n) is 1.27. The molecule has 2 unspecified atom stereocenters. The van der Waals surface area contributed by atoms with Gasteiger partial charge >= 0.3 is 0 Å². The van der Waals surface area contributed by atoms with E-state index in [9.17, 15) is 25.1 Å². The number of amides is 1. The molecule has 0 saturated heterocycles. The Morgan fingerprint density at radius 2 is 2.00 bits per heavy atom. The molecule has 0 aromatic heterocycles. The molecule has 0 heterocycles. The van der Waals surface area contributed by atoms with Crippen molar-refractivity contribution in [3.63, 3.8) is 0 Å². The van der Waals surface area contributed by atoms with Gasteiger partial charge in [-0.2, -0.15) is 0 Å². The highest BCUT2D eigenvalue weighted by molar-refractivity contribution is 5.79. The molecular weight excluding hydrogens is 232 g/mol. The maximum Gasteiger partial charge on any atom is 0.279 e. The first kappa shape index (κ1) is 12.9. The summed E-state index contributed by atoms with van der Waals surface area (Å²) in [5.74, 6) is -1.58. The Morgan fingerprint density at radius 1 is 1.41 bits per heavy atom. The van der Waals surface area contributed by atoms with E-state index in [1.54, 1.807) is 0 Å². The van der Waals surface area contributed by atoms with Crippen molar-refractivity contribution in [3.8, 4) is 5.75 Å². The van der Waals surface area contributed by atoms with Gasteiger partial charge in [0, 0.05) is 0 Å². The number of hydrogen-bond acceptors (Lipinski definition) is 6. The molecule has 0 aliphatic carbocycles. The van der Waals surface area contributed by atoms with Crippen molar-refractivity contribution >= 4 is 11.6 Å². The zero-order valence-electron chi connectivity index (χ0n) is 8.48. The van der Waals surface area contributed by atoms with Gasteiger partial charge < -0.3 is 21.1 Å². The molecule has 0 fully saturated rings. The molecule has 1 amide bonds. The highest BCUT2D eigenvalue weighted by atomic mass is 16.6. The predicted octanol–water partition coefficient (Wildman–Crippen LogP) is -0.820. The molecule has 17 heavy (non-hydrogen) atoms. The molecule has 2 atom stereocenters. The second-order valence-electron chi connectivity index (χ2n) is 3.29. The first-order chi connectivity index (χ1) is 7.84. The van der Waals surface area contributed by atoms with Gasteiger partial charge in [0.05, 0.1) is 16.6 Å². The minimum Gasteiger partial charge on any atom is -0.508 e. The summed E-state index contributed by atoms with van der Waals surface area (Å²) in [7, 11) is 0. The lowest BCUT2D eigenvalue weighted by Gasteiger charge is -2.15. The second-order valence-corrected chi connectivity index (χ2v) is 3.29. The fraction of sp³-hybridized carbons (Fsp3) is 0.222. The van der Waals surface area contributed by atoms with Crippen molar-refractivity contribution in [3.05, 3.63) is 33.9 Å². The average Bonchev–Trinajstić information content (AvgIpc) is 2.26. The molecular formula is C9H10N2O6. The lowest BCUT2D eigenvalue weighted by molar-refractivity contribution is -0.386. The summed E-state index contributed by atoms with van der Waals surface area (Å²) in [5.41, 5.74) is 3.84. The molecule has 0 aliphatic heterocycles. The fourth-order valence-corrected chi connectivity index (χ4v) is 1.27. The standard InChI is InChI=1S/C9H10N2O6/c10-9(15)8(14)7(13)5-2-1-4(12)3-6(5)11(16)17/h1-3,7-8,12-14H,(H2,10,15). The summed E-state index contributed by atoms with van der Waals surface area (Å²) >= 11 is 0. The highest BCUT2D eigenvalue weighted by Gasteiger charge is 2.29. The molecule has 0 saturated carbocycles. The van der Waals surface area contributed by atoms with Crippen LogP contribution in [0.15, 0.2) is 18.2 Å². The van der Waals surface area contributed by atoms with Gasteiger partial charge in [0.15, 0.2) is 6.10 Å². The number of nitrogens with zero attached hydrogens (tertiary/aromatic N) is 1. The van der Waals surface area contributed by atoms with E-state index in [-0.39, 0.29) is 11.3 Å². The third-order valence-electron chi connectivity index (χ3n) is 2.12. The Bertz CT molecular complexity index is 461. The molecule has 1 rings (SSSR count). The smallest absolute Gasteiger partial charge is 0.279 e. The molecule has 8 nitrogen and oxygen atoms in total. The van der Waals surface area contributed by atoms with Crippen molar-refractivity contribution in [1.29, 1.82) is 0 Å². The van der Waals surface area contributed by atoms with Crippen molar-refractivity contribution < 1.29 is 25.0 Å². The summed E-state index contributed by atoms with van der Waals surface area (Å²) in [5, 5.41) is 38.5. The number of nitro groups is 1. The van der Waals surface area contributed by atoms with Crippen LogP contribution in [0.2, 0.25) is 0 Å². The lowest BCUT2D eigenvalue weighted by Crippen LogP contribution is -2.34. The van der Waals surface area contributed by atoms with E-state index in [1.807, 2.05) is 0 Å². The molecule has 0 bridgehead atoms. The molecule has 1 aromatic rings. The van der Waals surface area contributed by atoms with Gasteiger partial charge in [-0.25, -0.2) is 0 Å². The Hall–Kier alpha value is -2.19. The first-order valence-electron chi connectivity index (χ1n) is 4.47. The summed E-state index contributed by atoms with van der Waals surface area (Å²) in [6.07, 6.45) is -3.79. The number of hydrogen-bond donors (Lipinski definition) is 4. The maximum absolute atomic E-state index is 10.7. The molecule has 1 aromatic carbocycles. The second kappa shape index (κ2) is 4.76. The number of carbonyl (C=O) groups is 1. The normalized spacial score (nSPS) is 14.0. The Labute approximate surface area is 95.1 Å². The Kier molecular flexibility index (Phi) is 3.61. The minimum absolute atomic E-state index is 0.306. The van der Waals surface area contributed by atoms with Gasteiger partial charge in [0.25, 0.3) is 5.69 Å². The number of primary amides is 1. The zero-order chi connectivity index (χ0) is 13.2. The summed E-state index contributed by atoms with van der Waals surface area (Å²) in [6.45, 7) is 0. The van der Waals surface area contributed by atoms with Crippen molar-refractivity contribution in [2.24, 2.45) is 5.73 Å². The molecule has 0 radical (unpaired) electrons. The van der Waals surface area contributed by atoms with Gasteiger partial charge in [-0.05, 0) is 12.1 Å². The van der Waals surface area contributed by atoms with Crippen molar-refractivity contribution in [2.75, 3.05) is 0 Å². The van der Waals surface area contributed by atoms with Crippen LogP contribution in [0.4, 0.5) is 5.69 Å². The number of aliphatic hydroxyl groups is 2. The number of phenolic OH excluding ortho intramolecular Hbond substituents is 1. The van der Waals surface area contributed by atoms with Crippen molar-refractivity contribution in [1.82, 2.24) is 0 Å². The number of phenols is 1. The van der Waals surface area contributed by atoms with Gasteiger partial charge in [0.2, 0.25) is 5.91 Å². The zero-order valence-corrected chi connectivity index (χ0v) is 8.48. The van der Waals surface area contributed by atoms with E-state index in [0.29, 0.717) is 0 Å². The van der Waals surface area contributed by atoms with Crippen LogP contribution < -0.4 is 5.73 Å². The lowest BCUT2D eigenvalue weighted by atomic mass is 10.0. The summed E-state index contributed by atoms with van der Waals surface area (Å²) in [4.78, 5) is 20.5. The Morgan fingerprint density at radius 3 is 2.47 bits per heavy atom. The summed E-state index contributed by atoms with van der Waals surface area (Å²) in [6, 6.07) is 2.91. The third kappa shape index (κ3) is 2.68. The predicted molar refractivity (Wildman–Crippen MR) is 54.9 cm³/mol. The van der Waals surface area contributed by atoms with Crippen LogP contribution in [0.3, 0.4) is 0 Å². The average molecular weight is 242 g/mol. The molecule has 0 aliphatic rings. The van der Waals surface area contributed by atoms with E-state index >= 15 is 0 Å². The van der Waals surface area contributed by atoms with E-state index in [1.165, 1.54) is 0 Å². The number of nitrogens with two attached hydrogens (primary N) is 1. The van der Waals surface area contributed by atoms with Crippen LogP contribution in [0.1, 0.15) is 11.7 Å². The van der Waals surface area contributed by atoms with Gasteiger partial charge in [0.1, 0.15) is 11.9 Å². The third-order valence-corrected chi connectivity index (χ3v) is 2.12. The Balaban J connectivity index is 3.21. The number of rotatable bonds is 4. The van der Waals surface area contributed by atoms with Crippen LogP contribution >= 0.6 is 0 Å². The van der Waals surface area contributed by atoms with Crippen LogP contribution in [0, 0.1) is 10.1 Å². The van der Waals surface area contributed by atoms with E-state index in [4.69, 9.17) is 10.8 Å². The van der Waals surface area contributed by atoms with Gasteiger partial charge in [-0.3, -0.25) is 14.9 Å². The topological polar surface area (TPSA) is 147 Å². The van der Waals surface area contributed by atoms with Crippen LogP contribution in [0.25, 0.3) is 0 Å².